The van der Waals surface area contributed by atoms with E-state index in [1.54, 1.807) is 42.9 Å². The van der Waals surface area contributed by atoms with Crippen LogP contribution in [0, 0.1) is 17.2 Å². The molecule has 0 bridgehead atoms. The van der Waals surface area contributed by atoms with Crippen molar-refractivity contribution in [3.8, 4) is 11.9 Å². The fraction of sp³-hybridized carbons (Fsp3) is 0.286. The fourth-order valence-electron chi connectivity index (χ4n) is 3.43. The number of nitrogens with zero attached hydrogens (tertiary/aromatic N) is 5. The largest absolute Gasteiger partial charge is 0.477 e. The highest BCUT2D eigenvalue weighted by atomic mass is 16.5. The molecule has 7 nitrogen and oxygen atoms in total. The number of amides is 1. The Bertz CT molecular complexity index is 1050. The van der Waals surface area contributed by atoms with Crippen LogP contribution in [-0.4, -0.2) is 45.5 Å². The number of nitriles is 1. The molecule has 1 aliphatic rings. The lowest BCUT2D eigenvalue weighted by Crippen LogP contribution is -2.41. The van der Waals surface area contributed by atoms with Gasteiger partial charge in [0.05, 0.1) is 29.3 Å². The van der Waals surface area contributed by atoms with Crippen LogP contribution < -0.4 is 4.74 Å². The van der Waals surface area contributed by atoms with Gasteiger partial charge in [0.15, 0.2) is 0 Å². The predicted octanol–water partition coefficient (Wildman–Crippen LogP) is 2.83. The molecule has 1 fully saturated rings. The molecule has 1 aromatic carbocycles. The van der Waals surface area contributed by atoms with Gasteiger partial charge in [-0.15, -0.1) is 0 Å². The molecule has 1 aliphatic heterocycles. The Labute approximate surface area is 162 Å². The van der Waals surface area contributed by atoms with Crippen molar-refractivity contribution in [3.63, 3.8) is 0 Å². The number of carbonyl (C=O) groups is 1. The summed E-state index contributed by atoms with van der Waals surface area (Å²) < 4.78 is 5.76. The SMILES string of the molecule is N#Cc1ccnc(OCC2CCCN(C(=O)c3ccc4nccnc4c3)C2)c1. The lowest BCUT2D eigenvalue weighted by Gasteiger charge is -2.32. The van der Waals surface area contributed by atoms with Crippen LogP contribution >= 0.6 is 0 Å². The summed E-state index contributed by atoms with van der Waals surface area (Å²) in [5.41, 5.74) is 2.63. The van der Waals surface area contributed by atoms with Gasteiger partial charge in [-0.3, -0.25) is 14.8 Å². The summed E-state index contributed by atoms with van der Waals surface area (Å²) in [5, 5.41) is 8.96. The highest BCUT2D eigenvalue weighted by molar-refractivity contribution is 5.97. The topological polar surface area (TPSA) is 92.0 Å². The van der Waals surface area contributed by atoms with Gasteiger partial charge in [-0.05, 0) is 37.1 Å². The van der Waals surface area contributed by atoms with Crippen molar-refractivity contribution in [2.45, 2.75) is 12.8 Å². The Morgan fingerprint density at radius 3 is 2.86 bits per heavy atom. The van der Waals surface area contributed by atoms with E-state index in [1.165, 1.54) is 0 Å². The predicted molar refractivity (Wildman–Crippen MR) is 103 cm³/mol. The first-order chi connectivity index (χ1) is 13.7. The molecule has 0 saturated carbocycles. The smallest absolute Gasteiger partial charge is 0.253 e. The molecule has 28 heavy (non-hydrogen) atoms. The Balaban J connectivity index is 1.41. The average molecular weight is 373 g/mol. The third-order valence-corrected chi connectivity index (χ3v) is 4.85. The minimum Gasteiger partial charge on any atom is -0.477 e. The summed E-state index contributed by atoms with van der Waals surface area (Å²) in [5.74, 6) is 0.669. The second-order valence-electron chi connectivity index (χ2n) is 6.82. The summed E-state index contributed by atoms with van der Waals surface area (Å²) in [6, 6.07) is 10.8. The van der Waals surface area contributed by atoms with Crippen LogP contribution in [0.3, 0.4) is 0 Å². The van der Waals surface area contributed by atoms with Crippen molar-refractivity contribution in [1.82, 2.24) is 19.9 Å². The summed E-state index contributed by atoms with van der Waals surface area (Å²) in [7, 11) is 0. The van der Waals surface area contributed by atoms with E-state index in [1.807, 2.05) is 11.0 Å². The molecule has 2 aromatic heterocycles. The molecule has 0 spiro atoms. The van der Waals surface area contributed by atoms with Crippen molar-refractivity contribution in [3.05, 3.63) is 60.0 Å². The molecule has 0 radical (unpaired) electrons. The zero-order valence-electron chi connectivity index (χ0n) is 15.3. The van der Waals surface area contributed by atoms with E-state index in [0.717, 1.165) is 24.9 Å². The Morgan fingerprint density at radius 1 is 1.14 bits per heavy atom. The maximum Gasteiger partial charge on any atom is 0.253 e. The number of pyridine rings is 1. The average Bonchev–Trinajstić information content (AvgIpc) is 2.77. The maximum atomic E-state index is 12.9. The number of fused-ring (bicyclic) bond motifs is 1. The number of aromatic nitrogens is 3. The Kier molecular flexibility index (Phi) is 5.11. The van der Waals surface area contributed by atoms with E-state index in [9.17, 15) is 4.79 Å². The minimum absolute atomic E-state index is 0.00172. The molecule has 0 aliphatic carbocycles. The van der Waals surface area contributed by atoms with E-state index in [0.29, 0.717) is 35.7 Å². The summed E-state index contributed by atoms with van der Waals surface area (Å²) in [6.45, 7) is 1.83. The highest BCUT2D eigenvalue weighted by Crippen LogP contribution is 2.21. The van der Waals surface area contributed by atoms with Crippen LogP contribution in [0.1, 0.15) is 28.8 Å². The van der Waals surface area contributed by atoms with Crippen LogP contribution in [0.2, 0.25) is 0 Å². The molecular weight excluding hydrogens is 354 g/mol. The number of benzene rings is 1. The number of ether oxygens (including phenoxy) is 1. The van der Waals surface area contributed by atoms with E-state index >= 15 is 0 Å². The molecule has 7 heteroatoms. The third-order valence-electron chi connectivity index (χ3n) is 4.85. The first kappa shape index (κ1) is 17.9. The molecule has 0 N–H and O–H groups in total. The van der Waals surface area contributed by atoms with E-state index in [-0.39, 0.29) is 11.8 Å². The van der Waals surface area contributed by atoms with Gasteiger partial charge in [-0.25, -0.2) is 4.98 Å². The molecule has 3 aromatic rings. The van der Waals surface area contributed by atoms with Gasteiger partial charge in [0.25, 0.3) is 5.91 Å². The first-order valence-electron chi connectivity index (χ1n) is 9.22. The zero-order valence-corrected chi connectivity index (χ0v) is 15.3. The van der Waals surface area contributed by atoms with Gasteiger partial charge >= 0.3 is 0 Å². The van der Waals surface area contributed by atoms with Gasteiger partial charge in [0.2, 0.25) is 5.88 Å². The molecular formula is C21H19N5O2. The van der Waals surface area contributed by atoms with Crippen molar-refractivity contribution >= 4 is 16.9 Å². The highest BCUT2D eigenvalue weighted by Gasteiger charge is 2.25. The molecule has 4 rings (SSSR count). The van der Waals surface area contributed by atoms with E-state index in [4.69, 9.17) is 10.00 Å². The summed E-state index contributed by atoms with van der Waals surface area (Å²) in [6.07, 6.45) is 6.75. The Hall–Kier alpha value is -3.53. The summed E-state index contributed by atoms with van der Waals surface area (Å²) >= 11 is 0. The molecule has 1 saturated heterocycles. The molecule has 1 unspecified atom stereocenters. The number of piperidine rings is 1. The van der Waals surface area contributed by atoms with Crippen molar-refractivity contribution in [1.29, 1.82) is 5.26 Å². The summed E-state index contributed by atoms with van der Waals surface area (Å²) in [4.78, 5) is 27.5. The molecule has 3 heterocycles. The van der Waals surface area contributed by atoms with Gasteiger partial charge < -0.3 is 9.64 Å². The standard InChI is InChI=1S/C21H19N5O2/c22-12-15-5-6-25-20(10-15)28-14-16-2-1-9-26(13-16)21(27)17-3-4-18-19(11-17)24-8-7-23-18/h3-8,10-11,16H,1-2,9,13-14H2. The van der Waals surface area contributed by atoms with Gasteiger partial charge in [0, 0.05) is 49.2 Å². The van der Waals surface area contributed by atoms with Crippen molar-refractivity contribution < 1.29 is 9.53 Å². The maximum absolute atomic E-state index is 12.9. The number of likely N-dealkylation sites (tertiary alicyclic amines) is 1. The monoisotopic (exact) mass is 373 g/mol. The van der Waals surface area contributed by atoms with Gasteiger partial charge in [0.1, 0.15) is 0 Å². The van der Waals surface area contributed by atoms with Crippen LogP contribution in [0.15, 0.2) is 48.9 Å². The number of hydrogen-bond acceptors (Lipinski definition) is 6. The lowest BCUT2D eigenvalue weighted by molar-refractivity contribution is 0.0631. The second-order valence-corrected chi connectivity index (χ2v) is 6.82. The zero-order chi connectivity index (χ0) is 19.3. The van der Waals surface area contributed by atoms with Gasteiger partial charge in [-0.1, -0.05) is 0 Å². The van der Waals surface area contributed by atoms with Crippen LogP contribution in [-0.2, 0) is 0 Å². The van der Waals surface area contributed by atoms with Crippen molar-refractivity contribution in [2.75, 3.05) is 19.7 Å². The van der Waals surface area contributed by atoms with Crippen LogP contribution in [0.5, 0.6) is 5.88 Å². The second kappa shape index (κ2) is 8.01. The lowest BCUT2D eigenvalue weighted by atomic mass is 9.98. The number of hydrogen-bond donors (Lipinski definition) is 0. The quantitative estimate of drug-likeness (QED) is 0.698. The van der Waals surface area contributed by atoms with Gasteiger partial charge in [-0.2, -0.15) is 5.26 Å². The molecule has 1 amide bonds. The number of rotatable bonds is 4. The molecule has 140 valence electrons. The van der Waals surface area contributed by atoms with Crippen LogP contribution in [0.25, 0.3) is 11.0 Å². The van der Waals surface area contributed by atoms with E-state index in [2.05, 4.69) is 21.0 Å². The van der Waals surface area contributed by atoms with Crippen molar-refractivity contribution in [2.24, 2.45) is 5.92 Å². The molecule has 1 atom stereocenters. The normalized spacial score (nSPS) is 16.5. The third kappa shape index (κ3) is 3.91. The number of carbonyl (C=O) groups excluding carboxylic acids is 1. The fourth-order valence-corrected chi connectivity index (χ4v) is 3.43. The Morgan fingerprint density at radius 2 is 2.00 bits per heavy atom. The first-order valence-corrected chi connectivity index (χ1v) is 9.22. The van der Waals surface area contributed by atoms with E-state index < -0.39 is 0 Å². The minimum atomic E-state index is 0.00172. The van der Waals surface area contributed by atoms with Crippen LogP contribution in [0.4, 0.5) is 0 Å².